The van der Waals surface area contributed by atoms with Gasteiger partial charge in [-0.2, -0.15) is 5.48 Å². The minimum atomic E-state index is -2.01. The lowest BCUT2D eigenvalue weighted by Gasteiger charge is -2.49. The zero-order chi connectivity index (χ0) is 62.4. The van der Waals surface area contributed by atoms with E-state index >= 15 is 0 Å². The Balaban J connectivity index is 1.14. The van der Waals surface area contributed by atoms with Crippen LogP contribution in [0.3, 0.4) is 0 Å². The van der Waals surface area contributed by atoms with E-state index in [0.29, 0.717) is 22.1 Å². The first-order valence-corrected chi connectivity index (χ1v) is 30.5. The number of hydrogen-bond acceptors (Lipinski definition) is 23. The molecule has 1 amide bonds. The standard InChI is InChI=1S/C60H81IN2O21S/c1-12-18-39-46-36(23-43(69)75-9)42(68)25-60(39,74)20-17-15-14-16-19-59(46,8)83-57-37(22-35-21-34(26-64)40(28-78-35)63(13-2)33(7)66)50(71)48(30(4)80-57)62-84-44-24-41(67)55(32(6)79-44)85-56(73)45-29(3)47(61)53(54(77-11)52(45)76-10)82-58-51(72)38(27-65)49(70)31(5)81-58/h14-15,18,30-32,34-35,37-38,40-41,44,48-51,55,57-58,62,64-65,67,70-72,74H,12-13,21-28H2,1-11H3/b15-14-,39-18+/t30?,31?,32?,34?,35?,37?,38?,40?,41?,44?,48?,49?,50?,51?,55?,57?,58?,59-,60+/m0/s1. The number of likely N-dealkylation sites (N-methyl/N-ethyl adjacent to an activating group) is 1. The van der Waals surface area contributed by atoms with E-state index in [-0.39, 0.29) is 77.9 Å². The first kappa shape index (κ1) is 68.3. The van der Waals surface area contributed by atoms with Gasteiger partial charge in [-0.25, -0.2) is 0 Å². The summed E-state index contributed by atoms with van der Waals surface area (Å²) in [5.41, 5.74) is -0.0808. The monoisotopic (exact) mass is 1320 g/mol. The number of allylic oxidation sites excluding steroid dienone is 3. The Kier molecular flexibility index (Phi) is 23.6. The molecule has 25 heteroatoms. The normalized spacial score (nSPS) is 36.5. The van der Waals surface area contributed by atoms with Crippen LogP contribution in [-0.2, 0) is 47.6 Å². The lowest BCUT2D eigenvalue weighted by Crippen LogP contribution is -2.62. The second-order valence-corrected chi connectivity index (χ2v) is 24.5. The highest BCUT2D eigenvalue weighted by molar-refractivity contribution is 14.1. The number of carbonyl (C=O) groups excluding carboxylic acids is 4. The van der Waals surface area contributed by atoms with Gasteiger partial charge in [-0.05, 0) is 107 Å². The van der Waals surface area contributed by atoms with E-state index in [1.165, 1.54) is 40.4 Å². The number of Topliss-reactive ketones (excluding diaryl/α,β-unsaturated/α-hetero) is 1. The molecule has 85 heavy (non-hydrogen) atoms. The third-order valence-electron chi connectivity index (χ3n) is 16.7. The third-order valence-corrected chi connectivity index (χ3v) is 19.4. The SMILES string of the molecule is CC/C=C1\C2=C(CC(=O)OC)C(=O)C[C@]1(O)C#C/C=C\C#C[C@]2(C)OC1OC(C)C(NOC2CC(O)C(SC(=O)c3c(C)c(I)c(OC4OC(C)C(O)C(CO)C4O)c(OC)c3OC)C(C)O2)C(O)C1CC1CC(CO)C(N(CC)C(C)=O)CO1. The fourth-order valence-electron chi connectivity index (χ4n) is 12.2. The molecule has 6 aliphatic rings. The Morgan fingerprint density at radius 1 is 0.894 bits per heavy atom. The van der Waals surface area contributed by atoms with Gasteiger partial charge in [-0.15, -0.1) is 0 Å². The quantitative estimate of drug-likeness (QED) is 0.0403. The largest absolute Gasteiger partial charge is 0.492 e. The number of nitrogens with zero attached hydrogens (tertiary/aromatic N) is 1. The van der Waals surface area contributed by atoms with Crippen LogP contribution in [-0.4, -0.2) is 207 Å². The molecule has 470 valence electrons. The second kappa shape index (κ2) is 29.4. The van der Waals surface area contributed by atoms with Crippen LogP contribution in [0.25, 0.3) is 0 Å². The van der Waals surface area contributed by atoms with Crippen LogP contribution in [0.5, 0.6) is 17.2 Å². The van der Waals surface area contributed by atoms with Gasteiger partial charge in [0.15, 0.2) is 41.1 Å². The summed E-state index contributed by atoms with van der Waals surface area (Å²) in [6.45, 7) is 13.0. The van der Waals surface area contributed by atoms with E-state index < -0.39 is 150 Å². The molecule has 4 saturated heterocycles. The maximum atomic E-state index is 14.4. The van der Waals surface area contributed by atoms with Crippen molar-refractivity contribution in [3.8, 4) is 40.9 Å². The smallest absolute Gasteiger partial charge is 0.310 e. The van der Waals surface area contributed by atoms with Gasteiger partial charge < -0.3 is 83.3 Å². The van der Waals surface area contributed by atoms with Crippen LogP contribution >= 0.6 is 34.4 Å². The van der Waals surface area contributed by atoms with Crippen LogP contribution in [0.1, 0.15) is 103 Å². The highest BCUT2D eigenvalue weighted by Gasteiger charge is 2.54. The molecule has 19 atom stereocenters. The van der Waals surface area contributed by atoms with Gasteiger partial charge >= 0.3 is 5.97 Å². The van der Waals surface area contributed by atoms with Gasteiger partial charge in [-0.3, -0.25) is 24.0 Å². The van der Waals surface area contributed by atoms with Crippen molar-refractivity contribution in [3.05, 3.63) is 49.6 Å². The molecule has 0 spiro atoms. The molecule has 2 aliphatic carbocycles. The van der Waals surface area contributed by atoms with Crippen molar-refractivity contribution in [1.29, 1.82) is 0 Å². The second-order valence-electron chi connectivity index (χ2n) is 22.3. The van der Waals surface area contributed by atoms with Crippen molar-refractivity contribution in [2.24, 2.45) is 17.8 Å². The molecular weight excluding hydrogens is 1240 g/mol. The Hall–Kier alpha value is -4.24. The summed E-state index contributed by atoms with van der Waals surface area (Å²) in [4.78, 5) is 62.2. The predicted octanol–water partition coefficient (Wildman–Crippen LogP) is 2.70. The zero-order valence-electron chi connectivity index (χ0n) is 49.7. The number of hydrogen-bond donors (Lipinski definition) is 8. The lowest BCUT2D eigenvalue weighted by atomic mass is 9.69. The predicted molar refractivity (Wildman–Crippen MR) is 314 cm³/mol. The van der Waals surface area contributed by atoms with Crippen molar-refractivity contribution >= 4 is 57.1 Å². The van der Waals surface area contributed by atoms with Crippen molar-refractivity contribution in [2.75, 3.05) is 47.7 Å². The average molecular weight is 1330 g/mol. The number of ether oxygens (including phenoxy) is 9. The zero-order valence-corrected chi connectivity index (χ0v) is 52.7. The van der Waals surface area contributed by atoms with Crippen molar-refractivity contribution < 1.29 is 102 Å². The summed E-state index contributed by atoms with van der Waals surface area (Å²) >= 11 is 2.79. The van der Waals surface area contributed by atoms with E-state index in [2.05, 4.69) is 29.2 Å². The fourth-order valence-corrected chi connectivity index (χ4v) is 14.0. The van der Waals surface area contributed by atoms with Gasteiger partial charge in [0.1, 0.15) is 6.10 Å². The minimum absolute atomic E-state index is 0.00513. The summed E-state index contributed by atoms with van der Waals surface area (Å²) < 4.78 is 55.4. The van der Waals surface area contributed by atoms with Crippen LogP contribution in [0.2, 0.25) is 0 Å². The molecule has 23 nitrogen and oxygen atoms in total. The summed E-state index contributed by atoms with van der Waals surface area (Å²) in [6, 6.07) is -1.46. The number of rotatable bonds is 20. The van der Waals surface area contributed by atoms with Crippen LogP contribution < -0.4 is 19.7 Å². The van der Waals surface area contributed by atoms with Gasteiger partial charge in [-0.1, -0.05) is 48.4 Å². The number of esters is 1. The number of amides is 1. The van der Waals surface area contributed by atoms with Gasteiger partial charge in [0.2, 0.25) is 23.1 Å². The number of aliphatic hydroxyl groups is 7. The molecule has 2 bridgehead atoms. The molecule has 1 aromatic carbocycles. The summed E-state index contributed by atoms with van der Waals surface area (Å²) in [5.74, 6) is 7.93. The number of nitrogens with one attached hydrogen (secondary N) is 1. The van der Waals surface area contributed by atoms with Gasteiger partial charge in [0.05, 0.1) is 117 Å². The first-order valence-electron chi connectivity index (χ1n) is 28.5. The third kappa shape index (κ3) is 14.6. The van der Waals surface area contributed by atoms with Gasteiger partial charge in [0, 0.05) is 55.4 Å². The van der Waals surface area contributed by atoms with E-state index in [4.69, 9.17) is 47.5 Å². The highest BCUT2D eigenvalue weighted by Crippen LogP contribution is 2.50. The number of methoxy groups -OCH3 is 3. The number of aliphatic hydroxyl groups excluding tert-OH is 6. The Morgan fingerprint density at radius 2 is 1.58 bits per heavy atom. The maximum absolute atomic E-state index is 14.4. The van der Waals surface area contributed by atoms with Crippen LogP contribution in [0.4, 0.5) is 0 Å². The number of fused-ring (bicyclic) bond motifs is 2. The topological polar surface area (TPSA) is 317 Å². The van der Waals surface area contributed by atoms with Gasteiger partial charge in [0.25, 0.3) is 0 Å². The van der Waals surface area contributed by atoms with E-state index in [0.717, 1.165) is 11.8 Å². The average Bonchev–Trinajstić information content (AvgIpc) is 1.47. The molecule has 0 aromatic heterocycles. The van der Waals surface area contributed by atoms with E-state index in [1.54, 1.807) is 45.6 Å². The Labute approximate surface area is 513 Å². The molecule has 1 aromatic rings. The molecule has 4 aliphatic heterocycles. The fraction of sp³-hybridized carbons (Fsp3) is 0.667. The van der Waals surface area contributed by atoms with E-state index in [1.807, 2.05) is 36.4 Å². The molecule has 17 unspecified atom stereocenters. The van der Waals surface area contributed by atoms with Crippen LogP contribution in [0, 0.1) is 51.9 Å². The first-order chi connectivity index (χ1) is 40.3. The maximum Gasteiger partial charge on any atom is 0.310 e. The minimum Gasteiger partial charge on any atom is -0.492 e. The molecule has 0 saturated carbocycles. The number of thioether (sulfide) groups is 1. The molecule has 8 N–H and O–H groups in total. The Bertz CT molecular complexity index is 2830. The lowest BCUT2D eigenvalue weighted by molar-refractivity contribution is -0.301. The number of benzene rings is 1. The molecule has 0 radical (unpaired) electrons. The summed E-state index contributed by atoms with van der Waals surface area (Å²) in [5, 5.41) is 77.6. The number of ketones is 1. The summed E-state index contributed by atoms with van der Waals surface area (Å²) in [7, 11) is 3.89. The Morgan fingerprint density at radius 3 is 2.19 bits per heavy atom. The summed E-state index contributed by atoms with van der Waals surface area (Å²) in [6.07, 6.45) is -7.95. The van der Waals surface area contributed by atoms with Crippen molar-refractivity contribution in [3.63, 3.8) is 0 Å². The molecule has 4 fully saturated rings. The van der Waals surface area contributed by atoms with Crippen LogP contribution in [0.15, 0.2) is 34.9 Å². The van der Waals surface area contributed by atoms with Crippen molar-refractivity contribution in [1.82, 2.24) is 10.4 Å². The van der Waals surface area contributed by atoms with E-state index in [9.17, 15) is 54.9 Å². The molecule has 4 heterocycles. The number of halogens is 1. The highest BCUT2D eigenvalue weighted by atomic mass is 127. The number of carbonyl (C=O) groups is 4. The molecular formula is C60H81IN2O21S. The number of hydroxylamine groups is 1. The molecule has 7 rings (SSSR count). The van der Waals surface area contributed by atoms with Crippen molar-refractivity contribution in [2.45, 2.75) is 190 Å².